The Balaban J connectivity index is 1.58. The molecule has 1 saturated heterocycles. The lowest BCUT2D eigenvalue weighted by Crippen LogP contribution is -2.36. The number of rotatable bonds is 4. The van der Waals surface area contributed by atoms with Crippen molar-refractivity contribution in [3.63, 3.8) is 0 Å². The number of aromatic amines is 1. The number of carbonyl (C=O) groups is 1. The molecule has 1 aliphatic carbocycles. The average Bonchev–Trinajstić information content (AvgIpc) is 3.52. The largest absolute Gasteiger partial charge is 0.497 e. The van der Waals surface area contributed by atoms with Crippen molar-refractivity contribution in [1.29, 1.82) is 0 Å². The van der Waals surface area contributed by atoms with Crippen LogP contribution in [-0.4, -0.2) is 40.1 Å². The maximum atomic E-state index is 13.7. The molecule has 2 atom stereocenters. The van der Waals surface area contributed by atoms with Gasteiger partial charge >= 0.3 is 0 Å². The zero-order valence-corrected chi connectivity index (χ0v) is 18.5. The molecule has 4 aromatic rings. The van der Waals surface area contributed by atoms with Crippen LogP contribution in [0.4, 0.5) is 5.69 Å². The highest BCUT2D eigenvalue weighted by Gasteiger charge is 2.45. The molecule has 1 aliphatic heterocycles. The van der Waals surface area contributed by atoms with Crippen molar-refractivity contribution in [2.24, 2.45) is 5.92 Å². The van der Waals surface area contributed by atoms with E-state index >= 15 is 0 Å². The topological polar surface area (TPSA) is 79.7 Å². The number of hydrogen-bond donors (Lipinski definition) is 1. The summed E-state index contributed by atoms with van der Waals surface area (Å²) in [6.07, 6.45) is 1.43. The summed E-state index contributed by atoms with van der Waals surface area (Å²) in [5.41, 5.74) is 5.22. The van der Waals surface area contributed by atoms with Crippen LogP contribution in [-0.2, 0) is 4.79 Å². The van der Waals surface area contributed by atoms with E-state index in [4.69, 9.17) is 9.72 Å². The van der Waals surface area contributed by atoms with Crippen LogP contribution in [0.15, 0.2) is 59.4 Å². The van der Waals surface area contributed by atoms with Gasteiger partial charge in [0.15, 0.2) is 5.65 Å². The molecule has 6 rings (SSSR count). The molecule has 166 valence electrons. The third-order valence-electron chi connectivity index (χ3n) is 6.97. The van der Waals surface area contributed by atoms with Crippen LogP contribution in [0.1, 0.15) is 18.5 Å². The maximum Gasteiger partial charge on any atom is 0.280 e. The molecule has 1 N–H and O–H groups in total. The minimum atomic E-state index is -0.147. The van der Waals surface area contributed by atoms with Gasteiger partial charge in [0.1, 0.15) is 17.2 Å². The molecule has 1 saturated carbocycles. The zero-order chi connectivity index (χ0) is 22.7. The minimum Gasteiger partial charge on any atom is -0.497 e. The molecule has 0 amide bonds. The first kappa shape index (κ1) is 19.8. The number of hydrogen-bond acceptors (Lipinski definition) is 5. The van der Waals surface area contributed by atoms with E-state index in [1.165, 1.54) is 0 Å². The average molecular weight is 441 g/mol. The first-order chi connectivity index (χ1) is 16.0. The predicted octanol–water partition coefficient (Wildman–Crippen LogP) is 3.84. The number of Topliss-reactive ketones (excluding diaryl/α,β-unsaturated/α-hetero) is 1. The standard InChI is InChI=1S/C26H24N4O3/c1-15-22(16-8-10-20(33-2)11-9-16)26(32)30-25(27-15)24(23(28-30)17-6-4-3-5-7-17)29-14-18-12-19(29)13-21(18)31/h3-11,18-19,28H,12-14H2,1-2H3/t18-,19-/m0/s1. The fourth-order valence-corrected chi connectivity index (χ4v) is 5.35. The Hall–Kier alpha value is -3.87. The highest BCUT2D eigenvalue weighted by atomic mass is 16.5. The second-order valence-electron chi connectivity index (χ2n) is 8.88. The number of ketones is 1. The number of H-pyrrole nitrogens is 1. The summed E-state index contributed by atoms with van der Waals surface area (Å²) in [7, 11) is 1.62. The summed E-state index contributed by atoms with van der Waals surface area (Å²) in [5, 5.41) is 3.35. The highest BCUT2D eigenvalue weighted by molar-refractivity contribution is 5.92. The number of ether oxygens (including phenoxy) is 1. The number of benzene rings is 2. The van der Waals surface area contributed by atoms with Gasteiger partial charge in [-0.3, -0.25) is 14.7 Å². The lowest BCUT2D eigenvalue weighted by Gasteiger charge is -2.28. The number of nitrogens with one attached hydrogen (secondary N) is 1. The summed E-state index contributed by atoms with van der Waals surface area (Å²) in [6.45, 7) is 2.55. The van der Waals surface area contributed by atoms with E-state index in [-0.39, 0.29) is 17.5 Å². The lowest BCUT2D eigenvalue weighted by molar-refractivity contribution is -0.120. The summed E-state index contributed by atoms with van der Waals surface area (Å²) >= 11 is 0. The summed E-state index contributed by atoms with van der Waals surface area (Å²) < 4.78 is 6.81. The summed E-state index contributed by atoms with van der Waals surface area (Å²) in [5.74, 6) is 1.15. The Morgan fingerprint density at radius 3 is 2.42 bits per heavy atom. The number of carbonyl (C=O) groups excluding carboxylic acids is 1. The second-order valence-corrected chi connectivity index (χ2v) is 8.88. The van der Waals surface area contributed by atoms with Gasteiger partial charge in [-0.1, -0.05) is 42.5 Å². The molecule has 33 heavy (non-hydrogen) atoms. The Morgan fingerprint density at radius 2 is 1.79 bits per heavy atom. The molecule has 0 radical (unpaired) electrons. The molecule has 7 nitrogen and oxygen atoms in total. The van der Waals surface area contributed by atoms with Gasteiger partial charge in [-0.05, 0) is 31.0 Å². The molecule has 2 aliphatic rings. The maximum absolute atomic E-state index is 13.7. The van der Waals surface area contributed by atoms with Gasteiger partial charge in [0.05, 0.1) is 24.1 Å². The van der Waals surface area contributed by atoms with Crippen molar-refractivity contribution < 1.29 is 9.53 Å². The van der Waals surface area contributed by atoms with Crippen LogP contribution < -0.4 is 15.2 Å². The van der Waals surface area contributed by atoms with E-state index < -0.39 is 0 Å². The van der Waals surface area contributed by atoms with Crippen LogP contribution >= 0.6 is 0 Å². The molecular weight excluding hydrogens is 416 g/mol. The van der Waals surface area contributed by atoms with Crippen molar-refractivity contribution in [2.45, 2.75) is 25.8 Å². The van der Waals surface area contributed by atoms with E-state index in [2.05, 4.69) is 10.00 Å². The Kier molecular flexibility index (Phi) is 4.40. The molecule has 2 bridgehead atoms. The number of aryl methyl sites for hydroxylation is 1. The van der Waals surface area contributed by atoms with Crippen LogP contribution in [0.25, 0.3) is 28.0 Å². The second kappa shape index (κ2) is 7.33. The number of piperidine rings is 1. The molecular formula is C26H24N4O3. The number of methoxy groups -OCH3 is 1. The van der Waals surface area contributed by atoms with Crippen molar-refractivity contribution in [3.05, 3.63) is 70.6 Å². The molecule has 2 aromatic heterocycles. The fourth-order valence-electron chi connectivity index (χ4n) is 5.35. The number of fused-ring (bicyclic) bond motifs is 3. The van der Waals surface area contributed by atoms with Crippen LogP contribution in [0.3, 0.4) is 0 Å². The number of anilines is 1. The molecule has 0 spiro atoms. The van der Waals surface area contributed by atoms with Gasteiger partial charge in [0.25, 0.3) is 5.56 Å². The SMILES string of the molecule is COc1ccc(-c2c(C)nc3c(N4C[C@@H]5C[C@H]4CC5=O)c(-c4ccccc4)[nH]n3c2=O)cc1. The van der Waals surface area contributed by atoms with Crippen molar-refractivity contribution in [2.75, 3.05) is 18.6 Å². The summed E-state index contributed by atoms with van der Waals surface area (Å²) in [6, 6.07) is 17.6. The van der Waals surface area contributed by atoms with E-state index in [0.717, 1.165) is 34.7 Å². The molecule has 0 unspecified atom stereocenters. The van der Waals surface area contributed by atoms with Gasteiger partial charge in [0, 0.05) is 30.5 Å². The van der Waals surface area contributed by atoms with Crippen molar-refractivity contribution >= 4 is 17.1 Å². The highest BCUT2D eigenvalue weighted by Crippen LogP contribution is 2.43. The van der Waals surface area contributed by atoms with Crippen LogP contribution in [0.2, 0.25) is 0 Å². The Labute approximate surface area is 190 Å². The van der Waals surface area contributed by atoms with Crippen LogP contribution in [0, 0.1) is 12.8 Å². The van der Waals surface area contributed by atoms with Gasteiger partial charge in [0.2, 0.25) is 0 Å². The molecule has 7 heteroatoms. The quantitative estimate of drug-likeness (QED) is 0.522. The van der Waals surface area contributed by atoms with E-state index in [1.807, 2.05) is 61.5 Å². The smallest absolute Gasteiger partial charge is 0.280 e. The monoisotopic (exact) mass is 440 g/mol. The summed E-state index contributed by atoms with van der Waals surface area (Å²) in [4.78, 5) is 33.1. The Morgan fingerprint density at radius 1 is 1.03 bits per heavy atom. The molecule has 2 aromatic carbocycles. The van der Waals surface area contributed by atoms with E-state index in [9.17, 15) is 9.59 Å². The van der Waals surface area contributed by atoms with E-state index in [1.54, 1.807) is 11.6 Å². The first-order valence-corrected chi connectivity index (χ1v) is 11.2. The predicted molar refractivity (Wildman–Crippen MR) is 127 cm³/mol. The molecule has 2 fully saturated rings. The van der Waals surface area contributed by atoms with Gasteiger partial charge in [-0.15, -0.1) is 0 Å². The number of nitrogens with zero attached hydrogens (tertiary/aromatic N) is 3. The number of aromatic nitrogens is 3. The third kappa shape index (κ3) is 2.99. The van der Waals surface area contributed by atoms with Crippen molar-refractivity contribution in [3.8, 4) is 28.1 Å². The van der Waals surface area contributed by atoms with E-state index in [0.29, 0.717) is 35.7 Å². The zero-order valence-electron chi connectivity index (χ0n) is 18.5. The van der Waals surface area contributed by atoms with Crippen LogP contribution in [0.5, 0.6) is 5.75 Å². The lowest BCUT2D eigenvalue weighted by atomic mass is 10.0. The minimum absolute atomic E-state index is 0.0694. The fraction of sp³-hybridized carbons (Fsp3) is 0.269. The normalized spacial score (nSPS) is 19.6. The molecule has 3 heterocycles. The van der Waals surface area contributed by atoms with Gasteiger partial charge in [-0.2, -0.15) is 4.52 Å². The van der Waals surface area contributed by atoms with Crippen molar-refractivity contribution in [1.82, 2.24) is 14.6 Å². The van der Waals surface area contributed by atoms with Gasteiger partial charge in [-0.25, -0.2) is 4.98 Å². The van der Waals surface area contributed by atoms with Gasteiger partial charge < -0.3 is 9.64 Å². The first-order valence-electron chi connectivity index (χ1n) is 11.2. The Bertz CT molecular complexity index is 1440. The third-order valence-corrected chi connectivity index (χ3v) is 6.97.